The second kappa shape index (κ2) is 8.42. The van der Waals surface area contributed by atoms with Crippen molar-refractivity contribution in [3.8, 4) is 5.75 Å². The van der Waals surface area contributed by atoms with Crippen LogP contribution in [-0.4, -0.2) is 38.2 Å². The summed E-state index contributed by atoms with van der Waals surface area (Å²) in [5.74, 6) is -0.896. The first-order valence-corrected chi connectivity index (χ1v) is 10.3. The Morgan fingerprint density at radius 2 is 1.69 bits per heavy atom. The van der Waals surface area contributed by atoms with Crippen LogP contribution in [0.2, 0.25) is 0 Å². The Morgan fingerprint density at radius 3 is 2.24 bits per heavy atom. The van der Waals surface area contributed by atoms with Gasteiger partial charge in [0.15, 0.2) is 0 Å². The number of benzene rings is 2. The lowest BCUT2D eigenvalue weighted by Gasteiger charge is -2.23. The summed E-state index contributed by atoms with van der Waals surface area (Å²) in [5, 5.41) is 0. The number of nitrogens with one attached hydrogen (secondary N) is 1. The number of nitrogens with zero attached hydrogens (tertiary/aromatic N) is 1. The molecular weight excluding hydrogens is 409 g/mol. The maximum absolute atomic E-state index is 12.6. The second-order valence-electron chi connectivity index (χ2n) is 6.58. The van der Waals surface area contributed by atoms with Crippen molar-refractivity contribution in [2.24, 2.45) is 0 Å². The smallest absolute Gasteiger partial charge is 0.406 e. The first kappa shape index (κ1) is 21.1. The zero-order chi connectivity index (χ0) is 21.1. The van der Waals surface area contributed by atoms with Crippen LogP contribution < -0.4 is 9.46 Å². The van der Waals surface area contributed by atoms with Gasteiger partial charge in [-0.25, -0.2) is 13.1 Å². The van der Waals surface area contributed by atoms with Crippen molar-refractivity contribution in [3.05, 3.63) is 60.2 Å². The summed E-state index contributed by atoms with van der Waals surface area (Å²) in [5.41, 5.74) is 0.941. The average Bonchev–Trinajstić information content (AvgIpc) is 3.49. The number of alkyl halides is 3. The Labute approximate surface area is 166 Å². The number of halogens is 3. The highest BCUT2D eigenvalue weighted by atomic mass is 32.2. The fraction of sp³-hybridized carbons (Fsp3) is 0.316. The minimum atomic E-state index is -4.86. The topological polar surface area (TPSA) is 75.7 Å². The Balaban J connectivity index is 1.62. The summed E-state index contributed by atoms with van der Waals surface area (Å²) in [7, 11) is -4.06. The van der Waals surface area contributed by atoms with Crippen molar-refractivity contribution in [1.82, 2.24) is 9.62 Å². The number of rotatable bonds is 8. The summed E-state index contributed by atoms with van der Waals surface area (Å²) in [6.07, 6.45) is -3.13. The van der Waals surface area contributed by atoms with Gasteiger partial charge in [-0.2, -0.15) is 0 Å². The van der Waals surface area contributed by atoms with Crippen LogP contribution in [0, 0.1) is 0 Å². The van der Waals surface area contributed by atoms with E-state index in [0.717, 1.165) is 42.7 Å². The van der Waals surface area contributed by atoms with E-state index in [1.165, 1.54) is 0 Å². The molecule has 0 aliphatic heterocycles. The lowest BCUT2D eigenvalue weighted by molar-refractivity contribution is -0.274. The molecule has 0 unspecified atom stereocenters. The molecule has 0 heterocycles. The fourth-order valence-electron chi connectivity index (χ4n) is 2.75. The normalized spacial score (nSPS) is 14.4. The molecule has 3 rings (SSSR count). The van der Waals surface area contributed by atoms with Crippen molar-refractivity contribution < 1.29 is 31.1 Å². The highest BCUT2D eigenvalue weighted by Crippen LogP contribution is 2.28. The Morgan fingerprint density at radius 1 is 1.07 bits per heavy atom. The van der Waals surface area contributed by atoms with Gasteiger partial charge in [-0.1, -0.05) is 30.3 Å². The highest BCUT2D eigenvalue weighted by molar-refractivity contribution is 7.89. The average molecular weight is 428 g/mol. The lowest BCUT2D eigenvalue weighted by atomic mass is 10.2. The van der Waals surface area contributed by atoms with Crippen molar-refractivity contribution in [1.29, 1.82) is 0 Å². The second-order valence-corrected chi connectivity index (χ2v) is 8.35. The molecule has 1 N–H and O–H groups in total. The highest BCUT2D eigenvalue weighted by Gasteiger charge is 2.33. The standard InChI is InChI=1S/C19H19F3N2O4S/c20-19(21,22)28-16-8-10-17(11-9-16)29(26,27)23-12-18(25)24(15-6-7-15)13-14-4-2-1-3-5-14/h1-5,8-11,15,23H,6-7,12-13H2. The molecule has 0 aromatic heterocycles. The Kier molecular flexibility index (Phi) is 6.13. The van der Waals surface area contributed by atoms with Crippen LogP contribution in [0.4, 0.5) is 13.2 Å². The van der Waals surface area contributed by atoms with E-state index in [0.29, 0.717) is 6.54 Å². The zero-order valence-corrected chi connectivity index (χ0v) is 16.0. The first-order valence-electron chi connectivity index (χ1n) is 8.83. The molecule has 2 aromatic carbocycles. The van der Waals surface area contributed by atoms with E-state index >= 15 is 0 Å². The van der Waals surface area contributed by atoms with Gasteiger partial charge < -0.3 is 9.64 Å². The maximum atomic E-state index is 12.6. The van der Waals surface area contributed by atoms with E-state index in [1.807, 2.05) is 30.3 Å². The monoisotopic (exact) mass is 428 g/mol. The van der Waals surface area contributed by atoms with Crippen molar-refractivity contribution >= 4 is 15.9 Å². The van der Waals surface area contributed by atoms with E-state index in [1.54, 1.807) is 4.90 Å². The van der Waals surface area contributed by atoms with Gasteiger partial charge in [0.05, 0.1) is 11.4 Å². The maximum Gasteiger partial charge on any atom is 0.573 e. The number of carbonyl (C=O) groups excluding carboxylic acids is 1. The molecule has 156 valence electrons. The summed E-state index contributed by atoms with van der Waals surface area (Å²) in [6, 6.07) is 13.2. The van der Waals surface area contributed by atoms with E-state index in [2.05, 4.69) is 9.46 Å². The first-order chi connectivity index (χ1) is 13.6. The minimum absolute atomic E-state index is 0.0889. The lowest BCUT2D eigenvalue weighted by Crippen LogP contribution is -2.41. The van der Waals surface area contributed by atoms with Crippen LogP contribution in [0.1, 0.15) is 18.4 Å². The number of amides is 1. The van der Waals surface area contributed by atoms with Crippen LogP contribution in [0.5, 0.6) is 5.75 Å². The van der Waals surface area contributed by atoms with E-state index in [9.17, 15) is 26.4 Å². The van der Waals surface area contributed by atoms with Gasteiger partial charge in [0, 0.05) is 12.6 Å². The molecule has 0 saturated heterocycles. The predicted molar refractivity (Wildman–Crippen MR) is 98.3 cm³/mol. The number of hydrogen-bond donors (Lipinski definition) is 1. The molecule has 1 aliphatic carbocycles. The Bertz CT molecular complexity index is 944. The SMILES string of the molecule is O=C(CNS(=O)(=O)c1ccc(OC(F)(F)F)cc1)N(Cc1ccccc1)C1CC1. The van der Waals surface area contributed by atoms with Crippen molar-refractivity contribution in [3.63, 3.8) is 0 Å². The third kappa shape index (κ3) is 6.20. The largest absolute Gasteiger partial charge is 0.573 e. The van der Waals surface area contributed by atoms with Crippen molar-refractivity contribution in [2.45, 2.75) is 36.7 Å². The minimum Gasteiger partial charge on any atom is -0.406 e. The molecule has 1 saturated carbocycles. The van der Waals surface area contributed by atoms with Gasteiger partial charge >= 0.3 is 6.36 Å². The number of hydrogen-bond acceptors (Lipinski definition) is 4. The van der Waals surface area contributed by atoms with Crippen LogP contribution in [0.3, 0.4) is 0 Å². The predicted octanol–water partition coefficient (Wildman–Crippen LogP) is 3.05. The quantitative estimate of drug-likeness (QED) is 0.701. The molecular formula is C19H19F3N2O4S. The molecule has 0 bridgehead atoms. The molecule has 10 heteroatoms. The van der Waals surface area contributed by atoms with Crippen LogP contribution in [0.15, 0.2) is 59.5 Å². The van der Waals surface area contributed by atoms with Crippen LogP contribution in [-0.2, 0) is 21.4 Å². The van der Waals surface area contributed by atoms with E-state index < -0.39 is 28.7 Å². The summed E-state index contributed by atoms with van der Waals surface area (Å²) in [6.45, 7) is -0.0536. The molecule has 0 atom stereocenters. The summed E-state index contributed by atoms with van der Waals surface area (Å²) in [4.78, 5) is 13.9. The van der Waals surface area contributed by atoms with E-state index in [4.69, 9.17) is 0 Å². The summed E-state index contributed by atoms with van der Waals surface area (Å²) < 4.78 is 67.2. The molecule has 2 aromatic rings. The van der Waals surface area contributed by atoms with Gasteiger partial charge in [0.2, 0.25) is 15.9 Å². The number of ether oxygens (including phenoxy) is 1. The van der Waals surface area contributed by atoms with Gasteiger partial charge in [-0.3, -0.25) is 4.79 Å². The molecule has 0 spiro atoms. The third-order valence-electron chi connectivity index (χ3n) is 4.28. The van der Waals surface area contributed by atoms with Crippen molar-refractivity contribution in [2.75, 3.05) is 6.54 Å². The van der Waals surface area contributed by atoms with Gasteiger partial charge in [-0.15, -0.1) is 13.2 Å². The van der Waals surface area contributed by atoms with Gasteiger partial charge in [-0.05, 0) is 42.7 Å². The van der Waals surface area contributed by atoms with Crippen LogP contribution >= 0.6 is 0 Å². The third-order valence-corrected chi connectivity index (χ3v) is 5.70. The number of carbonyl (C=O) groups is 1. The summed E-state index contributed by atoms with van der Waals surface area (Å²) >= 11 is 0. The molecule has 1 fully saturated rings. The molecule has 29 heavy (non-hydrogen) atoms. The molecule has 6 nitrogen and oxygen atoms in total. The van der Waals surface area contributed by atoms with E-state index in [-0.39, 0.29) is 16.8 Å². The fourth-order valence-corrected chi connectivity index (χ4v) is 3.72. The van der Waals surface area contributed by atoms with Gasteiger partial charge in [0.25, 0.3) is 0 Å². The molecule has 1 aliphatic rings. The number of sulfonamides is 1. The molecule has 0 radical (unpaired) electrons. The van der Waals surface area contributed by atoms with Crippen LogP contribution in [0.25, 0.3) is 0 Å². The Hall–Kier alpha value is -2.59. The zero-order valence-electron chi connectivity index (χ0n) is 15.2. The van der Waals surface area contributed by atoms with Gasteiger partial charge in [0.1, 0.15) is 5.75 Å². The molecule has 1 amide bonds.